The summed E-state index contributed by atoms with van der Waals surface area (Å²) in [6, 6.07) is 8.50. The molecule has 0 amide bonds. The van der Waals surface area contributed by atoms with Gasteiger partial charge in [0.15, 0.2) is 0 Å². The van der Waals surface area contributed by atoms with Gasteiger partial charge in [0, 0.05) is 0 Å². The van der Waals surface area contributed by atoms with Crippen molar-refractivity contribution in [2.75, 3.05) is 0 Å². The molecule has 2 aromatic rings. The number of hydrogen-bond acceptors (Lipinski definition) is 3. The number of unbranched alkanes of at least 4 members (excludes halogenated alkanes) is 12. The molecule has 0 fully saturated rings. The van der Waals surface area contributed by atoms with Gasteiger partial charge in [-0.15, -0.1) is 0 Å². The van der Waals surface area contributed by atoms with Crippen LogP contribution >= 0.6 is 11.8 Å². The van der Waals surface area contributed by atoms with Gasteiger partial charge >= 0.3 is 0 Å². The van der Waals surface area contributed by atoms with E-state index in [1.165, 1.54) is 113 Å². The molecule has 0 aliphatic carbocycles. The third-order valence-electron chi connectivity index (χ3n) is 7.01. The van der Waals surface area contributed by atoms with Crippen LogP contribution in [-0.4, -0.2) is 10.2 Å². The second-order valence-electron chi connectivity index (χ2n) is 10.4. The summed E-state index contributed by atoms with van der Waals surface area (Å²) in [6.45, 7) is 8.48. The molecule has 0 bridgehead atoms. The first-order valence-electron chi connectivity index (χ1n) is 14.3. The van der Waals surface area contributed by atoms with E-state index in [0.29, 0.717) is 11.5 Å². The van der Waals surface area contributed by atoms with E-state index in [9.17, 15) is 10.2 Å². The van der Waals surface area contributed by atoms with E-state index >= 15 is 0 Å². The van der Waals surface area contributed by atoms with Crippen molar-refractivity contribution < 1.29 is 10.2 Å². The second kappa shape index (κ2) is 17.0. The first kappa shape index (κ1) is 29.6. The van der Waals surface area contributed by atoms with Gasteiger partial charge < -0.3 is 10.2 Å². The molecule has 0 saturated carbocycles. The van der Waals surface area contributed by atoms with E-state index in [0.717, 1.165) is 33.8 Å². The maximum Gasteiger partial charge on any atom is 0.132 e. The molecule has 0 atom stereocenters. The fourth-order valence-electron chi connectivity index (χ4n) is 4.77. The molecule has 35 heavy (non-hydrogen) atoms. The average molecular weight is 499 g/mol. The van der Waals surface area contributed by atoms with Gasteiger partial charge in [0.2, 0.25) is 0 Å². The van der Waals surface area contributed by atoms with Crippen molar-refractivity contribution in [1.82, 2.24) is 0 Å². The molecule has 2 nitrogen and oxygen atoms in total. The van der Waals surface area contributed by atoms with Gasteiger partial charge in [0.1, 0.15) is 11.5 Å². The average Bonchev–Trinajstić information content (AvgIpc) is 2.84. The van der Waals surface area contributed by atoms with Crippen LogP contribution in [0.5, 0.6) is 11.5 Å². The van der Waals surface area contributed by atoms with Crippen LogP contribution in [0.3, 0.4) is 0 Å². The Labute approximate surface area is 219 Å². The van der Waals surface area contributed by atoms with Crippen molar-refractivity contribution in [2.24, 2.45) is 0 Å². The van der Waals surface area contributed by atoms with Crippen molar-refractivity contribution in [3.8, 4) is 11.5 Å². The molecular formula is C32H50O2S. The highest BCUT2D eigenvalue weighted by Crippen LogP contribution is 2.42. The lowest BCUT2D eigenvalue weighted by Gasteiger charge is -2.14. The molecular weight excluding hydrogens is 448 g/mol. The molecule has 0 saturated heterocycles. The Hall–Kier alpha value is -1.61. The highest BCUT2D eigenvalue weighted by atomic mass is 32.2. The fourth-order valence-corrected chi connectivity index (χ4v) is 5.95. The number of aromatic hydroxyl groups is 2. The summed E-state index contributed by atoms with van der Waals surface area (Å²) in [4.78, 5) is 1.71. The predicted molar refractivity (Wildman–Crippen MR) is 153 cm³/mol. The first-order valence-corrected chi connectivity index (χ1v) is 15.1. The zero-order valence-corrected chi connectivity index (χ0v) is 23.7. The minimum absolute atomic E-state index is 0.341. The number of benzene rings is 2. The molecule has 0 unspecified atom stereocenters. The van der Waals surface area contributed by atoms with Crippen molar-refractivity contribution in [2.45, 2.75) is 140 Å². The topological polar surface area (TPSA) is 40.5 Å². The van der Waals surface area contributed by atoms with Gasteiger partial charge in [0.05, 0.1) is 9.79 Å². The number of phenols is 2. The molecule has 3 heteroatoms. The Kier molecular flexibility index (Phi) is 14.3. The highest BCUT2D eigenvalue weighted by Gasteiger charge is 2.14. The van der Waals surface area contributed by atoms with E-state index in [4.69, 9.17) is 0 Å². The zero-order chi connectivity index (χ0) is 25.5. The molecule has 0 aromatic heterocycles. The second-order valence-corrected chi connectivity index (χ2v) is 11.4. The fraction of sp³-hybridized carbons (Fsp3) is 0.625. The van der Waals surface area contributed by atoms with Crippen LogP contribution < -0.4 is 0 Å². The number of hydrogen-bond donors (Lipinski definition) is 2. The molecule has 2 rings (SSSR count). The standard InChI is InChI=1S/C32H50O2S/c1-5-7-9-11-13-15-17-19-27-21-25(3)31(33)29(23-27)35-30-24-28(22-26(4)32(30)34)20-18-16-14-12-10-8-6-2/h21-24,33-34H,5-20H2,1-4H3. The number of phenolic OH excluding ortho intramolecular Hbond substituents is 2. The van der Waals surface area contributed by atoms with Crippen molar-refractivity contribution >= 4 is 11.8 Å². The predicted octanol–water partition coefficient (Wildman–Crippen LogP) is 10.5. The molecule has 0 heterocycles. The Balaban J connectivity index is 1.97. The molecule has 196 valence electrons. The number of rotatable bonds is 18. The zero-order valence-electron chi connectivity index (χ0n) is 22.9. The summed E-state index contributed by atoms with van der Waals surface area (Å²) in [5, 5.41) is 21.5. The van der Waals surface area contributed by atoms with Gasteiger partial charge in [-0.1, -0.05) is 115 Å². The lowest BCUT2D eigenvalue weighted by atomic mass is 10.0. The monoisotopic (exact) mass is 498 g/mol. The smallest absolute Gasteiger partial charge is 0.132 e. The van der Waals surface area contributed by atoms with Gasteiger partial charge in [-0.05, 0) is 73.9 Å². The quantitative estimate of drug-likeness (QED) is 0.201. The summed E-state index contributed by atoms with van der Waals surface area (Å²) in [6.07, 6.45) is 20.4. The van der Waals surface area contributed by atoms with Crippen molar-refractivity contribution in [3.05, 3.63) is 46.5 Å². The van der Waals surface area contributed by atoms with Crippen LogP contribution in [0, 0.1) is 13.8 Å². The lowest BCUT2D eigenvalue weighted by molar-refractivity contribution is 0.455. The van der Waals surface area contributed by atoms with Gasteiger partial charge in [-0.2, -0.15) is 0 Å². The Morgan fingerprint density at radius 1 is 0.514 bits per heavy atom. The van der Waals surface area contributed by atoms with E-state index in [-0.39, 0.29) is 0 Å². The molecule has 0 aliphatic heterocycles. The minimum atomic E-state index is 0.341. The molecule has 0 radical (unpaired) electrons. The highest BCUT2D eigenvalue weighted by molar-refractivity contribution is 7.99. The SMILES string of the molecule is CCCCCCCCCc1cc(C)c(O)c(Sc2cc(CCCCCCCCC)cc(C)c2O)c1. The van der Waals surface area contributed by atoms with Crippen molar-refractivity contribution in [3.63, 3.8) is 0 Å². The molecule has 2 aromatic carbocycles. The van der Waals surface area contributed by atoms with Crippen LogP contribution in [0.15, 0.2) is 34.1 Å². The van der Waals surface area contributed by atoms with Gasteiger partial charge in [0.25, 0.3) is 0 Å². The maximum absolute atomic E-state index is 10.8. The Bertz CT molecular complexity index is 803. The molecule has 0 aliphatic rings. The van der Waals surface area contributed by atoms with Crippen LogP contribution in [-0.2, 0) is 12.8 Å². The van der Waals surface area contributed by atoms with E-state index in [1.807, 2.05) is 13.8 Å². The minimum Gasteiger partial charge on any atom is -0.506 e. The first-order chi connectivity index (χ1) is 17.0. The normalized spacial score (nSPS) is 11.3. The summed E-state index contributed by atoms with van der Waals surface area (Å²) in [5.41, 5.74) is 4.41. The van der Waals surface area contributed by atoms with Crippen LogP contribution in [0.25, 0.3) is 0 Å². The molecule has 0 spiro atoms. The van der Waals surface area contributed by atoms with Gasteiger partial charge in [-0.3, -0.25) is 0 Å². The summed E-state index contributed by atoms with van der Waals surface area (Å²) >= 11 is 1.50. The summed E-state index contributed by atoms with van der Waals surface area (Å²) in [5.74, 6) is 0.681. The van der Waals surface area contributed by atoms with Crippen molar-refractivity contribution in [1.29, 1.82) is 0 Å². The maximum atomic E-state index is 10.8. The third kappa shape index (κ3) is 10.9. The summed E-state index contributed by atoms with van der Waals surface area (Å²) < 4.78 is 0. The Morgan fingerprint density at radius 3 is 1.23 bits per heavy atom. The van der Waals surface area contributed by atoms with Crippen LogP contribution in [0.2, 0.25) is 0 Å². The van der Waals surface area contributed by atoms with Crippen LogP contribution in [0.1, 0.15) is 126 Å². The van der Waals surface area contributed by atoms with E-state index < -0.39 is 0 Å². The largest absolute Gasteiger partial charge is 0.506 e. The Morgan fingerprint density at radius 2 is 0.857 bits per heavy atom. The lowest BCUT2D eigenvalue weighted by Crippen LogP contribution is -1.92. The summed E-state index contributed by atoms with van der Waals surface area (Å²) in [7, 11) is 0. The van der Waals surface area contributed by atoms with Gasteiger partial charge in [-0.25, -0.2) is 0 Å². The van der Waals surface area contributed by atoms with E-state index in [2.05, 4.69) is 38.1 Å². The number of aryl methyl sites for hydroxylation is 4. The third-order valence-corrected chi connectivity index (χ3v) is 8.07. The van der Waals surface area contributed by atoms with Crippen LogP contribution in [0.4, 0.5) is 0 Å². The van der Waals surface area contributed by atoms with E-state index in [1.54, 1.807) is 0 Å². The molecule has 2 N–H and O–H groups in total.